The monoisotopic (exact) mass is 905 g/mol. The summed E-state index contributed by atoms with van der Waals surface area (Å²) in [5.41, 5.74) is 26.2. The van der Waals surface area contributed by atoms with Gasteiger partial charge < -0.3 is 0 Å². The summed E-state index contributed by atoms with van der Waals surface area (Å²) in [6.07, 6.45) is 0. The van der Waals surface area contributed by atoms with Crippen molar-refractivity contribution in [2.75, 3.05) is 0 Å². The van der Waals surface area contributed by atoms with Crippen LogP contribution in [0, 0.1) is 0 Å². The Morgan fingerprint density at radius 2 is 0.514 bits per heavy atom. The van der Waals surface area contributed by atoms with Crippen molar-refractivity contribution in [1.82, 2.24) is 0 Å². The minimum Gasteiger partial charge on any atom is -0.0622 e. The largest absolute Gasteiger partial charge is 0.0622 e. The van der Waals surface area contributed by atoms with Crippen molar-refractivity contribution in [3.63, 3.8) is 0 Å². The molecular formula is C70H64. The highest BCUT2D eigenvalue weighted by atomic mass is 14.4. The molecule has 0 aliphatic heterocycles. The Bertz CT molecular complexity index is 3500. The smallest absolute Gasteiger partial charge is 0.000740 e. The fraction of sp³-hybridized carbons (Fsp3) is 0.229. The van der Waals surface area contributed by atoms with Crippen molar-refractivity contribution in [3.05, 3.63) is 192 Å². The topological polar surface area (TPSA) is 0 Å². The summed E-state index contributed by atoms with van der Waals surface area (Å²) >= 11 is 0. The van der Waals surface area contributed by atoms with Crippen LogP contribution in [0.4, 0.5) is 0 Å². The average molecular weight is 905 g/mol. The predicted octanol–water partition coefficient (Wildman–Crippen LogP) is 20.3. The minimum absolute atomic E-state index is 0.0530. The zero-order valence-corrected chi connectivity index (χ0v) is 43.2. The predicted molar refractivity (Wildman–Crippen MR) is 304 cm³/mol. The fourth-order valence-corrected chi connectivity index (χ4v) is 11.8. The maximum atomic E-state index is 2.53. The third-order valence-electron chi connectivity index (χ3n) is 15.7. The first-order valence-electron chi connectivity index (χ1n) is 25.5. The summed E-state index contributed by atoms with van der Waals surface area (Å²) in [4.78, 5) is 0. The molecule has 0 N–H and O–H groups in total. The SMILES string of the molecule is CC(C)(C)c1cc(-c2c3c(c(-c4cc(C(C)(C)C)cc(C(C)(C)C)c4)c4cc5ccccc5cc24)-c2ccc4c5c(ccc-3c25)-c2c(-c3ccccc3)ccc(-c3ccccc3)c2-4)cc(C(C)(C)C)c1. The van der Waals surface area contributed by atoms with Crippen molar-refractivity contribution in [1.29, 1.82) is 0 Å². The van der Waals surface area contributed by atoms with Gasteiger partial charge in [0.2, 0.25) is 0 Å². The van der Waals surface area contributed by atoms with E-state index in [4.69, 9.17) is 0 Å². The molecule has 0 fully saturated rings. The molecule has 0 heteroatoms. The van der Waals surface area contributed by atoms with Gasteiger partial charge in [-0.05, 0) is 177 Å². The number of benzene rings is 10. The molecule has 2 aliphatic rings. The molecule has 344 valence electrons. The molecule has 0 amide bonds. The Kier molecular flexibility index (Phi) is 9.62. The highest BCUT2D eigenvalue weighted by molar-refractivity contribution is 6.34. The lowest BCUT2D eigenvalue weighted by molar-refractivity contribution is 0.568. The second-order valence-corrected chi connectivity index (χ2v) is 24.6. The maximum absolute atomic E-state index is 2.53. The Balaban J connectivity index is 1.29. The third kappa shape index (κ3) is 6.85. The fourth-order valence-electron chi connectivity index (χ4n) is 11.8. The number of fused-ring (bicyclic) bond motifs is 8. The van der Waals surface area contributed by atoms with Crippen LogP contribution in [0.1, 0.15) is 105 Å². The summed E-state index contributed by atoms with van der Waals surface area (Å²) < 4.78 is 0. The van der Waals surface area contributed by atoms with Crippen molar-refractivity contribution >= 4 is 32.3 Å². The molecule has 0 aromatic heterocycles. The van der Waals surface area contributed by atoms with Gasteiger partial charge in [0.15, 0.2) is 0 Å². The van der Waals surface area contributed by atoms with E-state index < -0.39 is 0 Å². The first kappa shape index (κ1) is 44.2. The van der Waals surface area contributed by atoms with E-state index in [1.165, 1.54) is 144 Å². The molecular weight excluding hydrogens is 841 g/mol. The van der Waals surface area contributed by atoms with Gasteiger partial charge in [-0.3, -0.25) is 0 Å². The van der Waals surface area contributed by atoms with Gasteiger partial charge in [0.1, 0.15) is 0 Å². The van der Waals surface area contributed by atoms with Crippen LogP contribution in [-0.2, 0) is 21.7 Å². The molecule has 10 aromatic carbocycles. The first-order chi connectivity index (χ1) is 33.3. The molecule has 70 heavy (non-hydrogen) atoms. The van der Waals surface area contributed by atoms with Gasteiger partial charge in [-0.1, -0.05) is 241 Å². The first-order valence-corrected chi connectivity index (χ1v) is 25.5. The lowest BCUT2D eigenvalue weighted by Crippen LogP contribution is -2.17. The second kappa shape index (κ2) is 15.2. The van der Waals surface area contributed by atoms with E-state index in [2.05, 4.69) is 253 Å². The van der Waals surface area contributed by atoms with E-state index in [-0.39, 0.29) is 21.7 Å². The highest BCUT2D eigenvalue weighted by Gasteiger charge is 2.37. The van der Waals surface area contributed by atoms with E-state index in [0.29, 0.717) is 0 Å². The molecule has 0 heterocycles. The lowest BCUT2D eigenvalue weighted by atomic mass is 9.75. The van der Waals surface area contributed by atoms with Gasteiger partial charge in [-0.15, -0.1) is 0 Å². The normalized spacial score (nSPS) is 13.1. The molecule has 0 saturated carbocycles. The molecule has 0 unspecified atom stereocenters. The molecule has 0 radical (unpaired) electrons. The van der Waals surface area contributed by atoms with Crippen molar-refractivity contribution < 1.29 is 0 Å². The van der Waals surface area contributed by atoms with Gasteiger partial charge in [0.25, 0.3) is 0 Å². The van der Waals surface area contributed by atoms with E-state index >= 15 is 0 Å². The number of rotatable bonds is 4. The summed E-state index contributed by atoms with van der Waals surface area (Å²) in [5, 5.41) is 7.86. The van der Waals surface area contributed by atoms with Crippen molar-refractivity contribution in [2.24, 2.45) is 0 Å². The van der Waals surface area contributed by atoms with Crippen LogP contribution in [0.3, 0.4) is 0 Å². The molecule has 0 saturated heterocycles. The molecule has 10 aromatic rings. The highest BCUT2D eigenvalue weighted by Crippen LogP contribution is 2.64. The Labute approximate surface area is 416 Å². The van der Waals surface area contributed by atoms with Crippen LogP contribution in [0.15, 0.2) is 170 Å². The zero-order chi connectivity index (χ0) is 48.8. The van der Waals surface area contributed by atoms with E-state index in [1.54, 1.807) is 0 Å². The molecule has 0 spiro atoms. The average Bonchev–Trinajstić information content (AvgIpc) is 3.84. The third-order valence-corrected chi connectivity index (χ3v) is 15.7. The van der Waals surface area contributed by atoms with Gasteiger partial charge in [0, 0.05) is 0 Å². The van der Waals surface area contributed by atoms with Crippen LogP contribution >= 0.6 is 0 Å². The van der Waals surface area contributed by atoms with Gasteiger partial charge >= 0.3 is 0 Å². The lowest BCUT2D eigenvalue weighted by Gasteiger charge is -2.29. The Hall–Kier alpha value is -7.02. The van der Waals surface area contributed by atoms with Crippen LogP contribution in [0.25, 0.3) is 121 Å². The molecule has 0 nitrogen and oxygen atoms in total. The second-order valence-electron chi connectivity index (χ2n) is 24.6. The molecule has 2 aliphatic carbocycles. The van der Waals surface area contributed by atoms with E-state index in [9.17, 15) is 0 Å². The minimum atomic E-state index is -0.0530. The molecule has 0 atom stereocenters. The number of hydrogen-bond acceptors (Lipinski definition) is 0. The summed E-state index contributed by atoms with van der Waals surface area (Å²) in [6, 6.07) is 65.9. The molecule has 12 rings (SSSR count). The Morgan fingerprint density at radius 3 is 0.829 bits per heavy atom. The molecule has 0 bridgehead atoms. The van der Waals surface area contributed by atoms with Crippen molar-refractivity contribution in [3.8, 4) is 89.0 Å². The van der Waals surface area contributed by atoms with E-state index in [0.717, 1.165) is 0 Å². The van der Waals surface area contributed by atoms with Crippen LogP contribution in [0.2, 0.25) is 0 Å². The van der Waals surface area contributed by atoms with Crippen LogP contribution < -0.4 is 0 Å². The van der Waals surface area contributed by atoms with Gasteiger partial charge in [-0.25, -0.2) is 0 Å². The quantitative estimate of drug-likeness (QED) is 0.154. The van der Waals surface area contributed by atoms with Crippen molar-refractivity contribution in [2.45, 2.75) is 105 Å². The maximum Gasteiger partial charge on any atom is -0.000740 e. The summed E-state index contributed by atoms with van der Waals surface area (Å²) in [6.45, 7) is 28.4. The zero-order valence-electron chi connectivity index (χ0n) is 43.2. The van der Waals surface area contributed by atoms with Gasteiger partial charge in [-0.2, -0.15) is 0 Å². The Morgan fingerprint density at radius 1 is 0.229 bits per heavy atom. The summed E-state index contributed by atoms with van der Waals surface area (Å²) in [7, 11) is 0. The standard InChI is InChI=1S/C70H64/c1-67(2,3)47-33-45(34-48(39-47)68(4,5)6)59-57-37-43-25-19-20-26-44(43)38-58(57)60(46-35-49(69(7,8)9)40-50(36-46)70(10,11)12)66-56-32-30-54-62-52(42-23-17-14-18-24-42)28-27-51(41-21-15-13-16-22-41)61(62)53-29-31-55(65(59)66)64(56)63(53)54/h13-40H,1-12H3. The van der Waals surface area contributed by atoms with Crippen LogP contribution in [-0.4, -0.2) is 0 Å². The van der Waals surface area contributed by atoms with E-state index in [1.807, 2.05) is 0 Å². The van der Waals surface area contributed by atoms with Crippen LogP contribution in [0.5, 0.6) is 0 Å². The summed E-state index contributed by atoms with van der Waals surface area (Å²) in [5.74, 6) is 0. The number of hydrogen-bond donors (Lipinski definition) is 0. The van der Waals surface area contributed by atoms with Gasteiger partial charge in [0.05, 0.1) is 0 Å².